The van der Waals surface area contributed by atoms with E-state index >= 15 is 0 Å². The van der Waals surface area contributed by atoms with Gasteiger partial charge in [0, 0.05) is 18.5 Å². The van der Waals surface area contributed by atoms with Gasteiger partial charge < -0.3 is 5.11 Å². The predicted octanol–water partition coefficient (Wildman–Crippen LogP) is 1.72. The van der Waals surface area contributed by atoms with Crippen molar-refractivity contribution in [1.29, 1.82) is 0 Å². The van der Waals surface area contributed by atoms with Crippen LogP contribution in [0, 0.1) is 5.92 Å². The van der Waals surface area contributed by atoms with E-state index in [1.165, 1.54) is 15.6 Å². The number of carboxylic acids is 1. The molecule has 9 heteroatoms. The smallest absolute Gasteiger partial charge is 0.306 e. The number of anilines is 1. The molecule has 0 aliphatic carbocycles. The minimum absolute atomic E-state index is 0.217. The van der Waals surface area contributed by atoms with Gasteiger partial charge in [0.25, 0.3) is 0 Å². The van der Waals surface area contributed by atoms with Gasteiger partial charge >= 0.3 is 16.2 Å². The van der Waals surface area contributed by atoms with E-state index in [9.17, 15) is 13.2 Å². The van der Waals surface area contributed by atoms with Crippen LogP contribution >= 0.6 is 11.3 Å². The van der Waals surface area contributed by atoms with E-state index in [4.69, 9.17) is 5.11 Å². The van der Waals surface area contributed by atoms with E-state index in [0.29, 0.717) is 18.0 Å². The third-order valence-corrected chi connectivity index (χ3v) is 5.87. The molecule has 2 rings (SSSR count). The van der Waals surface area contributed by atoms with Crippen molar-refractivity contribution in [2.24, 2.45) is 5.92 Å². The van der Waals surface area contributed by atoms with Crippen LogP contribution in [0.5, 0.6) is 0 Å². The molecule has 118 valence electrons. The van der Waals surface area contributed by atoms with Gasteiger partial charge in [0.2, 0.25) is 0 Å². The van der Waals surface area contributed by atoms with Gasteiger partial charge in [0.15, 0.2) is 5.13 Å². The zero-order valence-corrected chi connectivity index (χ0v) is 13.6. The maximum Gasteiger partial charge on any atom is 0.306 e. The van der Waals surface area contributed by atoms with Crippen LogP contribution < -0.4 is 4.72 Å². The van der Waals surface area contributed by atoms with Gasteiger partial charge in [-0.05, 0) is 18.8 Å². The van der Waals surface area contributed by atoms with Crippen molar-refractivity contribution in [1.82, 2.24) is 9.29 Å². The number of thiazole rings is 1. The molecule has 0 bridgehead atoms. The fourth-order valence-electron chi connectivity index (χ4n) is 2.12. The lowest BCUT2D eigenvalue weighted by Crippen LogP contribution is -2.42. The van der Waals surface area contributed by atoms with Crippen molar-refractivity contribution in [2.75, 3.05) is 17.8 Å². The largest absolute Gasteiger partial charge is 0.481 e. The maximum atomic E-state index is 12.2. The summed E-state index contributed by atoms with van der Waals surface area (Å²) in [6.45, 7) is 4.41. The number of hydrogen-bond donors (Lipinski definition) is 2. The van der Waals surface area contributed by atoms with E-state index in [0.717, 1.165) is 5.69 Å². The number of aliphatic carboxylic acids is 1. The number of hydrogen-bond acceptors (Lipinski definition) is 5. The molecule has 0 unspecified atom stereocenters. The monoisotopic (exact) mass is 333 g/mol. The van der Waals surface area contributed by atoms with Crippen LogP contribution in [-0.4, -0.2) is 41.9 Å². The highest BCUT2D eigenvalue weighted by Crippen LogP contribution is 2.25. The molecule has 7 nitrogen and oxygen atoms in total. The van der Waals surface area contributed by atoms with Crippen LogP contribution in [-0.2, 0) is 15.0 Å². The third-order valence-electron chi connectivity index (χ3n) is 3.47. The highest BCUT2D eigenvalue weighted by atomic mass is 32.2. The second-order valence-electron chi connectivity index (χ2n) is 5.35. The lowest BCUT2D eigenvalue weighted by Gasteiger charge is -2.28. The molecule has 1 aliphatic rings. The zero-order valence-electron chi connectivity index (χ0n) is 11.9. The summed E-state index contributed by atoms with van der Waals surface area (Å²) < 4.78 is 28.2. The summed E-state index contributed by atoms with van der Waals surface area (Å²) in [6.07, 6.45) is 0.677. The molecule has 1 aromatic rings. The summed E-state index contributed by atoms with van der Waals surface area (Å²) in [5, 5.41) is 11.1. The highest BCUT2D eigenvalue weighted by molar-refractivity contribution is 7.90. The van der Waals surface area contributed by atoms with Gasteiger partial charge in [-0.3, -0.25) is 4.79 Å². The molecule has 0 saturated carbocycles. The molecule has 0 radical (unpaired) electrons. The van der Waals surface area contributed by atoms with E-state index in [2.05, 4.69) is 9.71 Å². The Morgan fingerprint density at radius 1 is 1.48 bits per heavy atom. The average molecular weight is 333 g/mol. The molecule has 1 aromatic heterocycles. The molecule has 2 N–H and O–H groups in total. The fraction of sp³-hybridized carbons (Fsp3) is 0.667. The standard InChI is InChI=1S/C12H19N3O4S2/c1-8(2)10-7-20-12(13-10)14-21(18,19)15-5-3-9(4-6-15)11(16)17/h7-9H,3-6H2,1-2H3,(H,13,14)(H,16,17). The second-order valence-corrected chi connectivity index (χ2v) is 7.88. The summed E-state index contributed by atoms with van der Waals surface area (Å²) in [6, 6.07) is 0. The van der Waals surface area contributed by atoms with Crippen LogP contribution in [0.25, 0.3) is 0 Å². The minimum atomic E-state index is -3.66. The second kappa shape index (κ2) is 6.29. The van der Waals surface area contributed by atoms with Gasteiger partial charge in [-0.2, -0.15) is 12.7 Å². The normalized spacial score (nSPS) is 18.0. The molecular weight excluding hydrogens is 314 g/mol. The predicted molar refractivity (Wildman–Crippen MR) is 80.7 cm³/mol. The Hall–Kier alpha value is -1.19. The molecule has 2 heterocycles. The van der Waals surface area contributed by atoms with Crippen molar-refractivity contribution in [3.05, 3.63) is 11.1 Å². The van der Waals surface area contributed by atoms with Crippen LogP contribution in [0.4, 0.5) is 5.13 Å². The maximum absolute atomic E-state index is 12.2. The number of nitrogens with zero attached hydrogens (tertiary/aromatic N) is 2. The Kier molecular flexibility index (Phi) is 4.84. The Bertz CT molecular complexity index is 604. The van der Waals surface area contributed by atoms with Gasteiger partial charge in [-0.1, -0.05) is 13.8 Å². The van der Waals surface area contributed by atoms with Gasteiger partial charge in [-0.25, -0.2) is 9.71 Å². The summed E-state index contributed by atoms with van der Waals surface area (Å²) in [7, 11) is -3.66. The Morgan fingerprint density at radius 3 is 2.57 bits per heavy atom. The molecule has 0 spiro atoms. The molecule has 1 saturated heterocycles. The van der Waals surface area contributed by atoms with Crippen LogP contribution in [0.1, 0.15) is 38.3 Å². The Labute approximate surface area is 128 Å². The third kappa shape index (κ3) is 3.92. The first-order valence-electron chi connectivity index (χ1n) is 6.75. The Balaban J connectivity index is 2.00. The molecule has 0 amide bonds. The van der Waals surface area contributed by atoms with E-state index in [1.54, 1.807) is 0 Å². The van der Waals surface area contributed by atoms with Crippen molar-refractivity contribution in [3.8, 4) is 0 Å². The topological polar surface area (TPSA) is 99.6 Å². The van der Waals surface area contributed by atoms with E-state index in [-0.39, 0.29) is 19.0 Å². The van der Waals surface area contributed by atoms with Crippen LogP contribution in [0.15, 0.2) is 5.38 Å². The summed E-state index contributed by atoms with van der Waals surface area (Å²) in [5.41, 5.74) is 0.849. The number of rotatable bonds is 5. The van der Waals surface area contributed by atoms with Crippen molar-refractivity contribution in [2.45, 2.75) is 32.6 Å². The first-order valence-corrected chi connectivity index (χ1v) is 9.07. The molecular formula is C12H19N3O4S2. The first-order chi connectivity index (χ1) is 9.79. The Morgan fingerprint density at radius 2 is 2.10 bits per heavy atom. The molecule has 21 heavy (non-hydrogen) atoms. The zero-order chi connectivity index (χ0) is 15.6. The SMILES string of the molecule is CC(C)c1csc(NS(=O)(=O)N2CCC(C(=O)O)CC2)n1. The minimum Gasteiger partial charge on any atom is -0.481 e. The van der Waals surface area contributed by atoms with Crippen LogP contribution in [0.2, 0.25) is 0 Å². The summed E-state index contributed by atoms with van der Waals surface area (Å²) >= 11 is 1.25. The summed E-state index contributed by atoms with van der Waals surface area (Å²) in [4.78, 5) is 15.1. The number of carboxylic acid groups (broad SMARTS) is 1. The van der Waals surface area contributed by atoms with Crippen LogP contribution in [0.3, 0.4) is 0 Å². The molecule has 0 aromatic carbocycles. The fourth-order valence-corrected chi connectivity index (χ4v) is 4.43. The van der Waals surface area contributed by atoms with Gasteiger partial charge in [-0.15, -0.1) is 11.3 Å². The van der Waals surface area contributed by atoms with Crippen molar-refractivity contribution < 1.29 is 18.3 Å². The summed E-state index contributed by atoms with van der Waals surface area (Å²) in [5.74, 6) is -1.07. The van der Waals surface area contributed by atoms with Crippen molar-refractivity contribution in [3.63, 3.8) is 0 Å². The number of nitrogens with one attached hydrogen (secondary N) is 1. The van der Waals surface area contributed by atoms with E-state index in [1.807, 2.05) is 19.2 Å². The number of aromatic nitrogens is 1. The number of piperidine rings is 1. The lowest BCUT2D eigenvalue weighted by molar-refractivity contribution is -0.142. The average Bonchev–Trinajstić information content (AvgIpc) is 2.87. The van der Waals surface area contributed by atoms with Gasteiger partial charge in [0.05, 0.1) is 11.6 Å². The quantitative estimate of drug-likeness (QED) is 0.854. The van der Waals surface area contributed by atoms with E-state index < -0.39 is 22.1 Å². The van der Waals surface area contributed by atoms with Gasteiger partial charge in [0.1, 0.15) is 0 Å². The number of carbonyl (C=O) groups is 1. The van der Waals surface area contributed by atoms with Crippen molar-refractivity contribution >= 4 is 32.6 Å². The molecule has 0 atom stereocenters. The first kappa shape index (κ1) is 16.2. The molecule has 1 aliphatic heterocycles. The lowest BCUT2D eigenvalue weighted by atomic mass is 9.99. The highest BCUT2D eigenvalue weighted by Gasteiger charge is 2.31. The molecule has 1 fully saturated rings.